The highest BCUT2D eigenvalue weighted by molar-refractivity contribution is 5.89. The molecule has 8 aromatic carbocycles. The smallest absolute Gasteiger partial charge is 0.127 e. The van der Waals surface area contributed by atoms with Crippen molar-refractivity contribution in [1.82, 2.24) is 0 Å². The Balaban J connectivity index is 1.16. The minimum Gasteiger partial charge on any atom is -0.457 e. The Morgan fingerprint density at radius 1 is 0.435 bits per heavy atom. The van der Waals surface area contributed by atoms with Gasteiger partial charge in [0.1, 0.15) is 11.5 Å². The molecule has 2 unspecified atom stereocenters. The average molecular weight is 808 g/mol. The zero-order valence-electron chi connectivity index (χ0n) is 36.9. The molecule has 8 aromatic rings. The molecular weight excluding hydrogens is 751 g/mol. The van der Waals surface area contributed by atoms with Crippen LogP contribution in [0.1, 0.15) is 93.2 Å². The molecule has 0 fully saturated rings. The van der Waals surface area contributed by atoms with Gasteiger partial charge in [-0.1, -0.05) is 181 Å². The largest absolute Gasteiger partial charge is 0.457 e. The highest BCUT2D eigenvalue weighted by Crippen LogP contribution is 2.57. The van der Waals surface area contributed by atoms with Crippen molar-refractivity contribution in [3.8, 4) is 33.8 Å². The van der Waals surface area contributed by atoms with Crippen LogP contribution < -0.4 is 9.64 Å². The van der Waals surface area contributed by atoms with E-state index in [0.717, 1.165) is 28.6 Å². The molecule has 0 N–H and O–H groups in total. The van der Waals surface area contributed by atoms with Gasteiger partial charge in [-0.15, -0.1) is 0 Å². The molecule has 0 spiro atoms. The van der Waals surface area contributed by atoms with E-state index < -0.39 is 5.41 Å². The van der Waals surface area contributed by atoms with Gasteiger partial charge in [0.2, 0.25) is 0 Å². The van der Waals surface area contributed by atoms with Crippen molar-refractivity contribution in [2.75, 3.05) is 4.90 Å². The molecule has 1 aliphatic rings. The van der Waals surface area contributed by atoms with E-state index in [9.17, 15) is 0 Å². The Labute approximate surface area is 369 Å². The van der Waals surface area contributed by atoms with E-state index in [0.29, 0.717) is 23.7 Å². The fraction of sp³-hybridized carbons (Fsp3) is 0.200. The molecule has 0 saturated carbocycles. The topological polar surface area (TPSA) is 12.5 Å². The summed E-state index contributed by atoms with van der Waals surface area (Å²) in [6.45, 7) is 13.8. The zero-order valence-corrected chi connectivity index (χ0v) is 36.9. The predicted octanol–water partition coefficient (Wildman–Crippen LogP) is 16.9. The van der Waals surface area contributed by atoms with Crippen molar-refractivity contribution < 1.29 is 4.74 Å². The van der Waals surface area contributed by atoms with Gasteiger partial charge in [-0.25, -0.2) is 0 Å². The first-order chi connectivity index (χ1) is 30.2. The summed E-state index contributed by atoms with van der Waals surface area (Å²) in [5, 5.41) is 0. The van der Waals surface area contributed by atoms with Gasteiger partial charge in [0.25, 0.3) is 0 Å². The van der Waals surface area contributed by atoms with Crippen LogP contribution in [-0.4, -0.2) is 0 Å². The van der Waals surface area contributed by atoms with Crippen LogP contribution in [-0.2, 0) is 5.41 Å². The number of rotatable bonds is 13. The summed E-state index contributed by atoms with van der Waals surface area (Å²) >= 11 is 0. The van der Waals surface area contributed by atoms with Crippen LogP contribution in [0.15, 0.2) is 200 Å². The summed E-state index contributed by atoms with van der Waals surface area (Å²) in [5.41, 5.74) is 15.4. The normalized spacial score (nSPS) is 14.8. The van der Waals surface area contributed by atoms with Crippen LogP contribution in [0.2, 0.25) is 0 Å². The molecule has 0 aliphatic heterocycles. The number of fused-ring (bicyclic) bond motifs is 3. The van der Waals surface area contributed by atoms with Gasteiger partial charge in [-0.05, 0) is 146 Å². The Bertz CT molecular complexity index is 2730. The zero-order chi connectivity index (χ0) is 42.8. The molecule has 9 rings (SSSR count). The second-order valence-corrected chi connectivity index (χ2v) is 18.1. The van der Waals surface area contributed by atoms with Crippen molar-refractivity contribution in [2.24, 2.45) is 11.8 Å². The molecule has 0 bridgehead atoms. The van der Waals surface area contributed by atoms with Crippen LogP contribution in [0.4, 0.5) is 17.1 Å². The molecule has 2 heteroatoms. The van der Waals surface area contributed by atoms with Crippen LogP contribution in [0.25, 0.3) is 22.3 Å². The van der Waals surface area contributed by atoms with Gasteiger partial charge in [0, 0.05) is 17.1 Å². The van der Waals surface area contributed by atoms with Crippen molar-refractivity contribution >= 4 is 17.1 Å². The number of benzene rings is 8. The van der Waals surface area contributed by atoms with E-state index in [1.165, 1.54) is 62.1 Å². The third kappa shape index (κ3) is 7.75. The van der Waals surface area contributed by atoms with Crippen molar-refractivity contribution in [1.29, 1.82) is 0 Å². The monoisotopic (exact) mass is 807 g/mol. The highest BCUT2D eigenvalue weighted by Gasteiger charge is 2.46. The second-order valence-electron chi connectivity index (χ2n) is 18.1. The van der Waals surface area contributed by atoms with Gasteiger partial charge in [0.15, 0.2) is 0 Å². The molecule has 0 amide bonds. The van der Waals surface area contributed by atoms with E-state index in [2.05, 4.69) is 247 Å². The first-order valence-electron chi connectivity index (χ1n) is 22.4. The third-order valence-electron chi connectivity index (χ3n) is 12.9. The lowest BCUT2D eigenvalue weighted by atomic mass is 9.67. The average Bonchev–Trinajstić information content (AvgIpc) is 3.60. The summed E-state index contributed by atoms with van der Waals surface area (Å²) in [4.78, 5) is 2.39. The Kier molecular flexibility index (Phi) is 11.4. The SMILES string of the molecule is CC(C)CC(c1ccc(Oc2ccc(C3(c4ccc(C(C)C)cc4)c4ccccc4-c4ccc(N(c5ccccc5)c5ccc(-c6ccccc6)cc5)cc43)cc2)cc1)C(C)C. The van der Waals surface area contributed by atoms with E-state index in [4.69, 9.17) is 4.74 Å². The maximum Gasteiger partial charge on any atom is 0.127 e. The molecule has 2 atom stereocenters. The molecule has 0 radical (unpaired) electrons. The maximum absolute atomic E-state index is 6.57. The first-order valence-corrected chi connectivity index (χ1v) is 22.4. The van der Waals surface area contributed by atoms with Crippen LogP contribution in [0, 0.1) is 11.8 Å². The number of hydrogen-bond acceptors (Lipinski definition) is 2. The number of ether oxygens (including phenoxy) is 1. The van der Waals surface area contributed by atoms with Gasteiger partial charge >= 0.3 is 0 Å². The molecule has 0 heterocycles. The summed E-state index contributed by atoms with van der Waals surface area (Å²) in [6.07, 6.45) is 1.18. The van der Waals surface area contributed by atoms with Crippen molar-refractivity contribution in [2.45, 2.75) is 65.2 Å². The predicted molar refractivity (Wildman–Crippen MR) is 262 cm³/mol. The standard InChI is InChI=1S/C60H57NO/c1-41(2)39-57(43(5)6)47-25-34-53(35-26-47)62-54-36-29-49(30-37-54)60(48-27-21-44(22-28-48)42(3)4)58-20-14-13-19-55(58)56-38-33-52(40-59(56)60)61(50-17-11-8-12-18-50)51-31-23-46(24-32-51)45-15-9-7-10-16-45/h7-38,40-43,57H,39H2,1-6H3. The quantitative estimate of drug-likeness (QED) is 0.115. The van der Waals surface area contributed by atoms with Gasteiger partial charge in [-0.2, -0.15) is 0 Å². The van der Waals surface area contributed by atoms with Gasteiger partial charge in [0.05, 0.1) is 5.41 Å². The lowest BCUT2D eigenvalue weighted by Crippen LogP contribution is -2.29. The lowest BCUT2D eigenvalue weighted by molar-refractivity contribution is 0.407. The summed E-state index contributed by atoms with van der Waals surface area (Å²) in [7, 11) is 0. The van der Waals surface area contributed by atoms with E-state index in [1.807, 2.05) is 0 Å². The Hall–Kier alpha value is -6.64. The number of nitrogens with zero attached hydrogens (tertiary/aromatic N) is 1. The van der Waals surface area contributed by atoms with Crippen LogP contribution in [0.5, 0.6) is 11.5 Å². The summed E-state index contributed by atoms with van der Waals surface area (Å²) in [5.74, 6) is 3.88. The molecule has 62 heavy (non-hydrogen) atoms. The number of hydrogen-bond donors (Lipinski definition) is 0. The van der Waals surface area contributed by atoms with Crippen molar-refractivity contribution in [3.05, 3.63) is 234 Å². The summed E-state index contributed by atoms with van der Waals surface area (Å²) in [6, 6.07) is 73.4. The Morgan fingerprint density at radius 3 is 1.55 bits per heavy atom. The number of anilines is 3. The molecule has 308 valence electrons. The fourth-order valence-corrected chi connectivity index (χ4v) is 9.76. The second kappa shape index (κ2) is 17.4. The van der Waals surface area contributed by atoms with E-state index in [-0.39, 0.29) is 0 Å². The fourth-order valence-electron chi connectivity index (χ4n) is 9.76. The Morgan fingerprint density at radius 2 is 0.935 bits per heavy atom. The van der Waals surface area contributed by atoms with Crippen LogP contribution in [0.3, 0.4) is 0 Å². The molecule has 0 aromatic heterocycles. The molecule has 0 saturated heterocycles. The van der Waals surface area contributed by atoms with E-state index >= 15 is 0 Å². The molecule has 2 nitrogen and oxygen atoms in total. The van der Waals surface area contributed by atoms with Crippen molar-refractivity contribution in [3.63, 3.8) is 0 Å². The van der Waals surface area contributed by atoms with Crippen LogP contribution >= 0.6 is 0 Å². The molecule has 1 aliphatic carbocycles. The summed E-state index contributed by atoms with van der Waals surface area (Å²) < 4.78 is 6.57. The van der Waals surface area contributed by atoms with Gasteiger partial charge in [-0.3, -0.25) is 0 Å². The molecular formula is C60H57NO. The minimum absolute atomic E-state index is 0.430. The third-order valence-corrected chi connectivity index (χ3v) is 12.9. The van der Waals surface area contributed by atoms with E-state index in [1.54, 1.807) is 0 Å². The maximum atomic E-state index is 6.57. The number of para-hydroxylation sites is 1. The lowest BCUT2D eigenvalue weighted by Gasteiger charge is -2.35. The van der Waals surface area contributed by atoms with Gasteiger partial charge < -0.3 is 9.64 Å². The highest BCUT2D eigenvalue weighted by atomic mass is 16.5. The minimum atomic E-state index is -0.584. The first kappa shape index (κ1) is 40.7.